The summed E-state index contributed by atoms with van der Waals surface area (Å²) >= 11 is 0. The molecular formula is C12H16N4O5. The number of hydrogen-bond acceptors (Lipinski definition) is 5. The zero-order chi connectivity index (χ0) is 15.4. The molecule has 1 aromatic rings. The SMILES string of the molecule is O=C(O)CC1CCN(C(=O)Cn2cc([N+](=O)[O-])cn2)CC1. The second-order valence-electron chi connectivity index (χ2n) is 5.08. The molecule has 0 radical (unpaired) electrons. The summed E-state index contributed by atoms with van der Waals surface area (Å²) in [6, 6.07) is 0. The van der Waals surface area contributed by atoms with Crippen molar-refractivity contribution in [3.63, 3.8) is 0 Å². The lowest BCUT2D eigenvalue weighted by molar-refractivity contribution is -0.385. The van der Waals surface area contributed by atoms with Gasteiger partial charge in [0.15, 0.2) is 0 Å². The molecule has 2 heterocycles. The van der Waals surface area contributed by atoms with Crippen LogP contribution in [0.3, 0.4) is 0 Å². The lowest BCUT2D eigenvalue weighted by Gasteiger charge is -2.31. The number of aliphatic carboxylic acids is 1. The predicted molar refractivity (Wildman–Crippen MR) is 70.4 cm³/mol. The minimum absolute atomic E-state index is 0.0442. The lowest BCUT2D eigenvalue weighted by atomic mass is 9.93. The number of piperidine rings is 1. The van der Waals surface area contributed by atoms with Gasteiger partial charge in [0.05, 0.1) is 4.92 Å². The summed E-state index contributed by atoms with van der Waals surface area (Å²) < 4.78 is 1.24. The van der Waals surface area contributed by atoms with Gasteiger partial charge in [0, 0.05) is 19.5 Å². The zero-order valence-corrected chi connectivity index (χ0v) is 11.3. The van der Waals surface area contributed by atoms with Crippen molar-refractivity contribution in [2.45, 2.75) is 25.8 Å². The summed E-state index contributed by atoms with van der Waals surface area (Å²) in [5, 5.41) is 23.0. The Morgan fingerprint density at radius 1 is 1.43 bits per heavy atom. The van der Waals surface area contributed by atoms with Gasteiger partial charge in [-0.2, -0.15) is 5.10 Å². The number of nitro groups is 1. The van der Waals surface area contributed by atoms with E-state index in [2.05, 4.69) is 5.10 Å². The molecule has 0 bridgehead atoms. The van der Waals surface area contributed by atoms with Gasteiger partial charge in [0.2, 0.25) is 5.91 Å². The van der Waals surface area contributed by atoms with E-state index in [9.17, 15) is 19.7 Å². The van der Waals surface area contributed by atoms with Crippen LogP contribution in [0.5, 0.6) is 0 Å². The van der Waals surface area contributed by atoms with Crippen LogP contribution in [0.1, 0.15) is 19.3 Å². The van der Waals surface area contributed by atoms with Crippen molar-refractivity contribution >= 4 is 17.6 Å². The predicted octanol–water partition coefficient (Wildman–Crippen LogP) is 0.505. The Morgan fingerprint density at radius 3 is 2.62 bits per heavy atom. The Morgan fingerprint density at radius 2 is 2.10 bits per heavy atom. The fourth-order valence-corrected chi connectivity index (χ4v) is 2.41. The van der Waals surface area contributed by atoms with Crippen LogP contribution < -0.4 is 0 Å². The fourth-order valence-electron chi connectivity index (χ4n) is 2.41. The van der Waals surface area contributed by atoms with Crippen LogP contribution in [-0.4, -0.2) is 49.7 Å². The van der Waals surface area contributed by atoms with Gasteiger partial charge in [0.25, 0.3) is 0 Å². The molecule has 0 aromatic carbocycles. The van der Waals surface area contributed by atoms with Crippen LogP contribution in [0.4, 0.5) is 5.69 Å². The Hall–Kier alpha value is -2.45. The van der Waals surface area contributed by atoms with E-state index in [0.717, 1.165) is 6.20 Å². The summed E-state index contributed by atoms with van der Waals surface area (Å²) in [6.07, 6.45) is 3.78. The van der Waals surface area contributed by atoms with Gasteiger partial charge in [-0.1, -0.05) is 0 Å². The van der Waals surface area contributed by atoms with Crippen LogP contribution in [0, 0.1) is 16.0 Å². The standard InChI is InChI=1S/C12H16N4O5/c17-11(8-15-7-10(6-13-15)16(20)21)14-3-1-9(2-4-14)5-12(18)19/h6-7,9H,1-5,8H2,(H,18,19). The van der Waals surface area contributed by atoms with Crippen molar-refractivity contribution in [1.29, 1.82) is 0 Å². The summed E-state index contributed by atoms with van der Waals surface area (Å²) in [7, 11) is 0. The highest BCUT2D eigenvalue weighted by Gasteiger charge is 2.24. The molecule has 0 aliphatic carbocycles. The number of nitrogens with zero attached hydrogens (tertiary/aromatic N) is 4. The molecule has 0 spiro atoms. The number of likely N-dealkylation sites (tertiary alicyclic amines) is 1. The average molecular weight is 296 g/mol. The van der Waals surface area contributed by atoms with Crippen LogP contribution in [-0.2, 0) is 16.1 Å². The minimum Gasteiger partial charge on any atom is -0.481 e. The van der Waals surface area contributed by atoms with Gasteiger partial charge in [-0.05, 0) is 18.8 Å². The molecule has 1 N–H and O–H groups in total. The third-order valence-electron chi connectivity index (χ3n) is 3.56. The quantitative estimate of drug-likeness (QED) is 0.624. The van der Waals surface area contributed by atoms with Crippen LogP contribution in [0.15, 0.2) is 12.4 Å². The molecule has 0 saturated carbocycles. The first-order valence-electron chi connectivity index (χ1n) is 6.62. The molecule has 9 heteroatoms. The maximum atomic E-state index is 12.1. The Kier molecular flexibility index (Phi) is 4.51. The number of carboxylic acid groups (broad SMARTS) is 1. The van der Waals surface area contributed by atoms with Gasteiger partial charge >= 0.3 is 11.7 Å². The van der Waals surface area contributed by atoms with E-state index in [4.69, 9.17) is 5.11 Å². The monoisotopic (exact) mass is 296 g/mol. The second kappa shape index (κ2) is 6.33. The average Bonchev–Trinajstić information content (AvgIpc) is 2.87. The van der Waals surface area contributed by atoms with E-state index < -0.39 is 10.9 Å². The largest absolute Gasteiger partial charge is 0.481 e. The third-order valence-corrected chi connectivity index (χ3v) is 3.56. The van der Waals surface area contributed by atoms with E-state index in [1.165, 1.54) is 10.9 Å². The minimum atomic E-state index is -0.816. The molecule has 1 fully saturated rings. The van der Waals surface area contributed by atoms with Crippen LogP contribution in [0.2, 0.25) is 0 Å². The summed E-state index contributed by atoms with van der Waals surface area (Å²) in [5.41, 5.74) is -0.150. The normalized spacial score (nSPS) is 15.9. The molecular weight excluding hydrogens is 280 g/mol. The van der Waals surface area contributed by atoms with Crippen molar-refractivity contribution in [2.75, 3.05) is 13.1 Å². The van der Waals surface area contributed by atoms with Crippen LogP contribution in [0.25, 0.3) is 0 Å². The molecule has 1 aliphatic heterocycles. The molecule has 0 unspecified atom stereocenters. The first-order valence-corrected chi connectivity index (χ1v) is 6.62. The van der Waals surface area contributed by atoms with Gasteiger partial charge in [-0.15, -0.1) is 0 Å². The molecule has 2 rings (SSSR count). The van der Waals surface area contributed by atoms with Crippen molar-refractivity contribution < 1.29 is 19.6 Å². The van der Waals surface area contributed by atoms with Crippen molar-refractivity contribution in [2.24, 2.45) is 5.92 Å². The molecule has 21 heavy (non-hydrogen) atoms. The smallest absolute Gasteiger partial charge is 0.307 e. The number of carbonyl (C=O) groups is 2. The summed E-state index contributed by atoms with van der Waals surface area (Å²) in [6.45, 7) is 0.984. The Balaban J connectivity index is 1.84. The van der Waals surface area contributed by atoms with Gasteiger partial charge < -0.3 is 10.0 Å². The van der Waals surface area contributed by atoms with Crippen molar-refractivity contribution in [3.8, 4) is 0 Å². The highest BCUT2D eigenvalue weighted by atomic mass is 16.6. The fraction of sp³-hybridized carbons (Fsp3) is 0.583. The van der Waals surface area contributed by atoms with Gasteiger partial charge in [0.1, 0.15) is 18.9 Å². The molecule has 1 amide bonds. The molecule has 1 aromatic heterocycles. The van der Waals surface area contributed by atoms with Gasteiger partial charge in [-0.3, -0.25) is 24.4 Å². The Bertz CT molecular complexity index is 548. The zero-order valence-electron chi connectivity index (χ0n) is 11.3. The summed E-state index contributed by atoms with van der Waals surface area (Å²) in [4.78, 5) is 34.3. The highest BCUT2D eigenvalue weighted by molar-refractivity contribution is 5.76. The van der Waals surface area contributed by atoms with E-state index in [0.29, 0.717) is 25.9 Å². The third kappa shape index (κ3) is 4.01. The molecule has 9 nitrogen and oxygen atoms in total. The molecule has 0 atom stereocenters. The lowest BCUT2D eigenvalue weighted by Crippen LogP contribution is -2.40. The number of carboxylic acids is 1. The van der Waals surface area contributed by atoms with E-state index in [-0.39, 0.29) is 30.5 Å². The van der Waals surface area contributed by atoms with E-state index >= 15 is 0 Å². The maximum absolute atomic E-state index is 12.1. The number of rotatable bonds is 5. The van der Waals surface area contributed by atoms with Crippen LogP contribution >= 0.6 is 0 Å². The highest BCUT2D eigenvalue weighted by Crippen LogP contribution is 2.20. The first-order chi connectivity index (χ1) is 9.95. The molecule has 1 saturated heterocycles. The topological polar surface area (TPSA) is 119 Å². The molecule has 1 aliphatic rings. The Labute approximate surface area is 120 Å². The number of hydrogen-bond donors (Lipinski definition) is 1. The first kappa shape index (κ1) is 14.9. The van der Waals surface area contributed by atoms with E-state index in [1.54, 1.807) is 4.90 Å². The number of carbonyl (C=O) groups excluding carboxylic acids is 1. The van der Waals surface area contributed by atoms with Gasteiger partial charge in [-0.25, -0.2) is 0 Å². The molecule has 114 valence electrons. The van der Waals surface area contributed by atoms with E-state index in [1.807, 2.05) is 0 Å². The van der Waals surface area contributed by atoms with Crippen molar-refractivity contribution in [3.05, 3.63) is 22.5 Å². The maximum Gasteiger partial charge on any atom is 0.307 e. The second-order valence-corrected chi connectivity index (χ2v) is 5.08. The number of amides is 1. The number of aromatic nitrogens is 2. The summed E-state index contributed by atoms with van der Waals surface area (Å²) in [5.74, 6) is -0.872. The van der Waals surface area contributed by atoms with Crippen molar-refractivity contribution in [1.82, 2.24) is 14.7 Å².